The molecule has 3 fully saturated rings. The summed E-state index contributed by atoms with van der Waals surface area (Å²) >= 11 is 0. The zero-order valence-corrected chi connectivity index (χ0v) is 26.7. The first-order valence-corrected chi connectivity index (χ1v) is 18.8. The minimum absolute atomic E-state index is 0.0271. The number of hydrogen-bond acceptors (Lipinski definition) is 6. The molecule has 1 spiro atoms. The molecule has 0 unspecified atom stereocenters. The minimum Gasteiger partial charge on any atom is -0.394 e. The fraction of sp³-hybridized carbons (Fsp3) is 0.545. The van der Waals surface area contributed by atoms with Crippen molar-refractivity contribution in [3.63, 3.8) is 0 Å². The van der Waals surface area contributed by atoms with E-state index >= 15 is 4.11 Å². The van der Waals surface area contributed by atoms with Gasteiger partial charge in [-0.3, -0.25) is 14.4 Å². The van der Waals surface area contributed by atoms with Gasteiger partial charge < -0.3 is 34.4 Å². The number of nitrogens with zero attached hydrogens (tertiary/aromatic N) is 2. The van der Waals surface area contributed by atoms with Crippen LogP contribution in [0.2, 0.25) is 18.6 Å². The van der Waals surface area contributed by atoms with Crippen molar-refractivity contribution in [3.05, 3.63) is 59.7 Å². The predicted molar refractivity (Wildman–Crippen MR) is 168 cm³/mol. The van der Waals surface area contributed by atoms with Gasteiger partial charge in [0.15, 0.2) is 5.60 Å². The molecule has 11 heteroatoms. The van der Waals surface area contributed by atoms with E-state index in [1.165, 1.54) is 0 Å². The molecule has 6 atom stereocenters. The summed E-state index contributed by atoms with van der Waals surface area (Å²) in [6.45, 7) is 6.68. The molecule has 44 heavy (non-hydrogen) atoms. The Bertz CT molecular complexity index is 1430. The molecule has 6 rings (SSSR count). The number of benzene rings is 2. The van der Waals surface area contributed by atoms with E-state index in [0.29, 0.717) is 23.5 Å². The number of amides is 3. The number of carbonyl (C=O) groups excluding carboxylic acids is 3. The normalized spacial score (nSPS) is 29.9. The van der Waals surface area contributed by atoms with Crippen LogP contribution in [0.15, 0.2) is 48.5 Å². The van der Waals surface area contributed by atoms with E-state index in [0.717, 1.165) is 37.8 Å². The lowest BCUT2D eigenvalue weighted by atomic mass is 9.82. The number of carbonyl (C=O) groups is 3. The topological polar surface area (TPSA) is 111 Å². The lowest BCUT2D eigenvalue weighted by molar-refractivity contribution is -0.150. The van der Waals surface area contributed by atoms with Crippen LogP contribution in [0, 0.1) is 5.92 Å². The number of fused-ring (bicyclic) bond motifs is 2. The van der Waals surface area contributed by atoms with E-state index in [9.17, 15) is 19.5 Å². The number of likely N-dealkylation sites (tertiary alicyclic amines) is 1. The van der Waals surface area contributed by atoms with Crippen LogP contribution in [0.3, 0.4) is 0 Å². The summed E-state index contributed by atoms with van der Waals surface area (Å²) in [5.74, 6) is -0.995. The number of hydrogen-bond donors (Lipinski definition) is 3. The lowest BCUT2D eigenvalue weighted by Crippen LogP contribution is -2.45. The molecule has 9 nitrogen and oxygen atoms in total. The smallest absolute Gasteiger partial charge is 0.264 e. The van der Waals surface area contributed by atoms with Crippen LogP contribution in [-0.2, 0) is 31.3 Å². The summed E-state index contributed by atoms with van der Waals surface area (Å²) in [6.07, 6.45) is 2.54. The molecule has 3 amide bonds. The number of nitrogens with one attached hydrogen (secondary N) is 2. The summed E-state index contributed by atoms with van der Waals surface area (Å²) in [5.41, 5.74) is 0.902. The van der Waals surface area contributed by atoms with Gasteiger partial charge in [0.1, 0.15) is 0 Å². The largest absolute Gasteiger partial charge is 0.394 e. The highest BCUT2D eigenvalue weighted by Gasteiger charge is 2.67. The molecule has 4 aliphatic rings. The number of ether oxygens (including phenoxy) is 1. The summed E-state index contributed by atoms with van der Waals surface area (Å²) in [5, 5.41) is 16.0. The standard InChI is InChI=1S/C33H43FN4O5Si/c1-21-30(44(2,3)34)28(18-29(40)37-16-8-11-24(37)20-39)43-33(21)25-12-4-5-14-27(25)38(32(33)42)19-22-9-6-10-23(17-22)36-31(41)26-13-7-15-35-26/h4-6,9-10,12,14,17,21,24,26,28,30,35,39H,7-8,11,13,15-16,18-20H2,1-3H3,(H,36,41)/t21-,24+,26-,28+,30-,33+/m1/s1. The molecular weight excluding hydrogens is 579 g/mol. The zero-order chi connectivity index (χ0) is 31.2. The highest BCUT2D eigenvalue weighted by atomic mass is 28.4. The van der Waals surface area contributed by atoms with Gasteiger partial charge in [-0.25, -0.2) is 0 Å². The first-order chi connectivity index (χ1) is 21.0. The maximum Gasteiger partial charge on any atom is 0.264 e. The molecule has 0 aliphatic carbocycles. The molecule has 0 aromatic heterocycles. The van der Waals surface area contributed by atoms with E-state index in [1.54, 1.807) is 22.9 Å². The van der Waals surface area contributed by atoms with Crippen LogP contribution in [0.4, 0.5) is 15.5 Å². The van der Waals surface area contributed by atoms with Crippen molar-refractivity contribution < 1.29 is 28.3 Å². The van der Waals surface area contributed by atoms with E-state index < -0.39 is 31.6 Å². The Kier molecular flexibility index (Phi) is 8.42. The Morgan fingerprint density at radius 1 is 1.16 bits per heavy atom. The molecule has 3 N–H and O–H groups in total. The molecule has 236 valence electrons. The molecule has 2 aromatic carbocycles. The van der Waals surface area contributed by atoms with Gasteiger partial charge in [-0.2, -0.15) is 0 Å². The molecule has 4 heterocycles. The third kappa shape index (κ3) is 5.37. The molecule has 0 saturated carbocycles. The molecule has 2 aromatic rings. The van der Waals surface area contributed by atoms with Crippen LogP contribution < -0.4 is 15.5 Å². The highest BCUT2D eigenvalue weighted by molar-refractivity contribution is 6.72. The van der Waals surface area contributed by atoms with Crippen LogP contribution in [-0.4, -0.2) is 74.0 Å². The van der Waals surface area contributed by atoms with Crippen LogP contribution >= 0.6 is 0 Å². The Labute approximate surface area is 259 Å². The summed E-state index contributed by atoms with van der Waals surface area (Å²) in [4.78, 5) is 44.2. The molecule has 3 saturated heterocycles. The fourth-order valence-corrected chi connectivity index (χ4v) is 10.6. The average molecular weight is 623 g/mol. The average Bonchev–Trinajstić information content (AvgIpc) is 3.78. The monoisotopic (exact) mass is 622 g/mol. The van der Waals surface area contributed by atoms with Gasteiger partial charge in [0, 0.05) is 29.3 Å². The molecular formula is C33H43FN4O5Si. The van der Waals surface area contributed by atoms with Crippen molar-refractivity contribution in [2.24, 2.45) is 5.92 Å². The van der Waals surface area contributed by atoms with E-state index in [-0.39, 0.29) is 49.4 Å². The highest BCUT2D eigenvalue weighted by Crippen LogP contribution is 2.60. The zero-order valence-electron chi connectivity index (χ0n) is 25.7. The predicted octanol–water partition coefficient (Wildman–Crippen LogP) is 4.07. The van der Waals surface area contributed by atoms with Gasteiger partial charge >= 0.3 is 0 Å². The second-order valence-corrected chi connectivity index (χ2v) is 17.1. The van der Waals surface area contributed by atoms with Crippen molar-refractivity contribution in [2.75, 3.05) is 29.9 Å². The summed E-state index contributed by atoms with van der Waals surface area (Å²) in [6, 6.07) is 14.5. The second kappa shape index (κ2) is 12.0. The third-order valence-electron chi connectivity index (χ3n) is 10.1. The van der Waals surface area contributed by atoms with Gasteiger partial charge in [0.25, 0.3) is 5.91 Å². The lowest BCUT2D eigenvalue weighted by Gasteiger charge is -2.31. The van der Waals surface area contributed by atoms with E-state index in [2.05, 4.69) is 10.6 Å². The second-order valence-electron chi connectivity index (χ2n) is 13.3. The third-order valence-corrected chi connectivity index (χ3v) is 12.5. The number of para-hydroxylation sites is 1. The van der Waals surface area contributed by atoms with Crippen molar-refractivity contribution in [3.8, 4) is 0 Å². The van der Waals surface area contributed by atoms with E-state index in [4.69, 9.17) is 4.74 Å². The van der Waals surface area contributed by atoms with Crippen molar-refractivity contribution in [2.45, 2.75) is 88.0 Å². The summed E-state index contributed by atoms with van der Waals surface area (Å²) < 4.78 is 22.9. The SMILES string of the molecule is C[C@@H]1[C@@H]([Si](C)(C)F)[C@H](CC(=O)N2CCC[C@H]2CO)O[C@@]12C(=O)N(Cc1cccc(NC(=O)[C@H]3CCCN3)c1)c1ccccc12. The van der Waals surface area contributed by atoms with E-state index in [1.807, 2.05) is 55.5 Å². The quantitative estimate of drug-likeness (QED) is 0.303. The van der Waals surface area contributed by atoms with Crippen molar-refractivity contribution in [1.82, 2.24) is 10.2 Å². The van der Waals surface area contributed by atoms with Gasteiger partial charge in [0.05, 0.1) is 43.4 Å². The summed E-state index contributed by atoms with van der Waals surface area (Å²) in [7, 11) is -3.42. The molecule has 0 bridgehead atoms. The van der Waals surface area contributed by atoms with Crippen molar-refractivity contribution >= 4 is 37.5 Å². The number of anilines is 2. The number of rotatable bonds is 8. The molecule has 4 aliphatic heterocycles. The Morgan fingerprint density at radius 2 is 1.95 bits per heavy atom. The first kappa shape index (κ1) is 30.9. The minimum atomic E-state index is -3.42. The van der Waals surface area contributed by atoms with Gasteiger partial charge in [-0.05, 0) is 69.1 Å². The first-order valence-electron chi connectivity index (χ1n) is 15.9. The fourth-order valence-electron chi connectivity index (χ4n) is 8.07. The van der Waals surface area contributed by atoms with Crippen LogP contribution in [0.1, 0.15) is 50.2 Å². The van der Waals surface area contributed by atoms with Crippen LogP contribution in [0.25, 0.3) is 0 Å². The van der Waals surface area contributed by atoms with Crippen LogP contribution in [0.5, 0.6) is 0 Å². The van der Waals surface area contributed by atoms with Gasteiger partial charge in [0.2, 0.25) is 20.2 Å². The van der Waals surface area contributed by atoms with Crippen molar-refractivity contribution in [1.29, 1.82) is 0 Å². The Balaban J connectivity index is 1.28. The Hall–Kier alpha value is -3.12. The number of aliphatic hydroxyl groups is 1. The Morgan fingerprint density at radius 3 is 2.68 bits per heavy atom. The maximum absolute atomic E-state index is 16.1. The molecule has 0 radical (unpaired) electrons. The van der Waals surface area contributed by atoms with Gasteiger partial charge in [-0.1, -0.05) is 37.3 Å². The van der Waals surface area contributed by atoms with Gasteiger partial charge in [-0.15, -0.1) is 0 Å². The maximum atomic E-state index is 16.1. The number of halogens is 1. The number of aliphatic hydroxyl groups excluding tert-OH is 1.